The van der Waals surface area contributed by atoms with Gasteiger partial charge >= 0.3 is 6.03 Å². The number of rotatable bonds is 6. The minimum absolute atomic E-state index is 0.245. The molecule has 4 rings (SSSR count). The van der Waals surface area contributed by atoms with E-state index < -0.39 is 0 Å². The van der Waals surface area contributed by atoms with Crippen LogP contribution in [0.2, 0.25) is 0 Å². The van der Waals surface area contributed by atoms with Crippen molar-refractivity contribution in [2.75, 3.05) is 26.1 Å². The van der Waals surface area contributed by atoms with E-state index in [9.17, 15) is 4.79 Å². The van der Waals surface area contributed by atoms with Gasteiger partial charge in [0.05, 0.1) is 32.0 Å². The molecule has 0 aliphatic carbocycles. The number of hydrazine groups is 1. The summed E-state index contributed by atoms with van der Waals surface area (Å²) in [4.78, 5) is 20.5. The Morgan fingerprint density at radius 3 is 2.75 bits per heavy atom. The van der Waals surface area contributed by atoms with Crippen molar-refractivity contribution in [1.82, 2.24) is 26.1 Å². The summed E-state index contributed by atoms with van der Waals surface area (Å²) in [5.41, 5.74) is 7.79. The second-order valence-corrected chi connectivity index (χ2v) is 6.17. The van der Waals surface area contributed by atoms with Crippen LogP contribution in [0.5, 0.6) is 11.5 Å². The van der Waals surface area contributed by atoms with Crippen LogP contribution in [0.4, 0.5) is 10.6 Å². The molecule has 1 unspecified atom stereocenters. The molecule has 9 nitrogen and oxygen atoms in total. The lowest BCUT2D eigenvalue weighted by molar-refractivity contribution is 0.247. The first-order valence-corrected chi connectivity index (χ1v) is 8.72. The molecule has 144 valence electrons. The number of carbonyl (C=O) groups is 1. The quantitative estimate of drug-likeness (QED) is 0.517. The van der Waals surface area contributed by atoms with Gasteiger partial charge in [0, 0.05) is 17.1 Å². The van der Waals surface area contributed by atoms with Crippen molar-refractivity contribution < 1.29 is 14.3 Å². The van der Waals surface area contributed by atoms with Crippen LogP contribution in [0, 0.1) is 0 Å². The standard InChI is InChI=1S/C19H20N6O3/c1-27-15-6-5-11(8-16(15)28-2)13-9-14-12(4-3-7-20-14)18(22-13)21-10-17-23-19(26)25-24-17/h3-9,17,24H,10H2,1-2H3,(H,21,22)(H2,23,25,26). The molecular weight excluding hydrogens is 360 g/mol. The third kappa shape index (κ3) is 3.47. The number of ether oxygens (including phenoxy) is 2. The number of carbonyl (C=O) groups excluding carboxylic acids is 1. The SMILES string of the molecule is COc1ccc(-c2cc3ncccc3c(NCC3NNC(=O)N3)n2)cc1OC. The lowest BCUT2D eigenvalue weighted by Crippen LogP contribution is -2.39. The first-order chi connectivity index (χ1) is 13.7. The highest BCUT2D eigenvalue weighted by atomic mass is 16.5. The van der Waals surface area contributed by atoms with E-state index in [1.54, 1.807) is 20.4 Å². The van der Waals surface area contributed by atoms with Crippen molar-refractivity contribution in [3.63, 3.8) is 0 Å². The minimum atomic E-state index is -0.259. The van der Waals surface area contributed by atoms with Crippen molar-refractivity contribution in [1.29, 1.82) is 0 Å². The number of aromatic nitrogens is 2. The summed E-state index contributed by atoms with van der Waals surface area (Å²) in [6, 6.07) is 11.1. The van der Waals surface area contributed by atoms with Crippen molar-refractivity contribution in [2.24, 2.45) is 0 Å². The van der Waals surface area contributed by atoms with E-state index in [0.29, 0.717) is 23.9 Å². The van der Waals surface area contributed by atoms with Crippen LogP contribution < -0.4 is 31.0 Å². The van der Waals surface area contributed by atoms with E-state index in [4.69, 9.17) is 14.5 Å². The van der Waals surface area contributed by atoms with Gasteiger partial charge in [0.2, 0.25) is 0 Å². The molecule has 1 saturated heterocycles. The molecule has 1 aliphatic rings. The summed E-state index contributed by atoms with van der Waals surface area (Å²) >= 11 is 0. The van der Waals surface area contributed by atoms with Gasteiger partial charge in [-0.15, -0.1) is 0 Å². The van der Waals surface area contributed by atoms with Gasteiger partial charge in [-0.25, -0.2) is 15.2 Å². The fourth-order valence-electron chi connectivity index (χ4n) is 3.04. The van der Waals surface area contributed by atoms with E-state index in [0.717, 1.165) is 22.2 Å². The summed E-state index contributed by atoms with van der Waals surface area (Å²) in [6.45, 7) is 0.450. The lowest BCUT2D eigenvalue weighted by Gasteiger charge is -2.15. The Morgan fingerprint density at radius 2 is 2.00 bits per heavy atom. The Morgan fingerprint density at radius 1 is 1.14 bits per heavy atom. The lowest BCUT2D eigenvalue weighted by atomic mass is 10.1. The van der Waals surface area contributed by atoms with Gasteiger partial charge in [-0.1, -0.05) is 0 Å². The summed E-state index contributed by atoms with van der Waals surface area (Å²) < 4.78 is 10.7. The number of hydrogen-bond acceptors (Lipinski definition) is 7. The Kier molecular flexibility index (Phi) is 4.81. The minimum Gasteiger partial charge on any atom is -0.493 e. The molecule has 9 heteroatoms. The number of nitrogens with zero attached hydrogens (tertiary/aromatic N) is 2. The van der Waals surface area contributed by atoms with E-state index in [1.807, 2.05) is 36.4 Å². The molecule has 2 aromatic heterocycles. The van der Waals surface area contributed by atoms with Crippen LogP contribution in [0.15, 0.2) is 42.6 Å². The zero-order chi connectivity index (χ0) is 19.5. The Hall–Kier alpha value is -3.59. The molecular formula is C19H20N6O3. The largest absolute Gasteiger partial charge is 0.493 e. The van der Waals surface area contributed by atoms with Crippen LogP contribution >= 0.6 is 0 Å². The maximum Gasteiger partial charge on any atom is 0.330 e. The van der Waals surface area contributed by atoms with Crippen LogP contribution in [0.1, 0.15) is 0 Å². The average Bonchev–Trinajstić information content (AvgIpc) is 3.16. The molecule has 3 aromatic rings. The number of urea groups is 1. The molecule has 3 heterocycles. The van der Waals surface area contributed by atoms with Gasteiger partial charge in [0.15, 0.2) is 11.5 Å². The predicted octanol–water partition coefficient (Wildman–Crippen LogP) is 1.87. The van der Waals surface area contributed by atoms with Crippen LogP contribution in [-0.4, -0.2) is 42.9 Å². The highest BCUT2D eigenvalue weighted by Crippen LogP contribution is 2.33. The number of methoxy groups -OCH3 is 2. The number of amides is 2. The summed E-state index contributed by atoms with van der Waals surface area (Å²) in [7, 11) is 3.20. The van der Waals surface area contributed by atoms with Crippen molar-refractivity contribution in [2.45, 2.75) is 6.17 Å². The zero-order valence-electron chi connectivity index (χ0n) is 15.4. The van der Waals surface area contributed by atoms with Gasteiger partial charge < -0.3 is 20.1 Å². The topological polar surface area (TPSA) is 109 Å². The van der Waals surface area contributed by atoms with Crippen molar-refractivity contribution in [3.8, 4) is 22.8 Å². The second-order valence-electron chi connectivity index (χ2n) is 6.17. The maximum absolute atomic E-state index is 11.3. The number of anilines is 1. The van der Waals surface area contributed by atoms with Crippen LogP contribution in [0.25, 0.3) is 22.2 Å². The Balaban J connectivity index is 1.70. The zero-order valence-corrected chi connectivity index (χ0v) is 15.4. The molecule has 0 spiro atoms. The molecule has 0 bridgehead atoms. The average molecular weight is 380 g/mol. The summed E-state index contributed by atoms with van der Waals surface area (Å²) in [5.74, 6) is 1.96. The number of hydrogen-bond donors (Lipinski definition) is 4. The number of pyridine rings is 2. The van der Waals surface area contributed by atoms with Gasteiger partial charge in [-0.3, -0.25) is 10.4 Å². The fraction of sp³-hybridized carbons (Fsp3) is 0.211. The monoisotopic (exact) mass is 380 g/mol. The van der Waals surface area contributed by atoms with Crippen LogP contribution in [-0.2, 0) is 0 Å². The Labute approximate surface area is 161 Å². The third-order valence-electron chi connectivity index (χ3n) is 4.42. The summed E-state index contributed by atoms with van der Waals surface area (Å²) in [5, 5.41) is 6.93. The number of benzene rings is 1. The molecule has 0 radical (unpaired) electrons. The molecule has 1 aromatic carbocycles. The van der Waals surface area contributed by atoms with Gasteiger partial charge in [0.1, 0.15) is 12.0 Å². The second kappa shape index (κ2) is 7.57. The van der Waals surface area contributed by atoms with Crippen molar-refractivity contribution in [3.05, 3.63) is 42.6 Å². The van der Waals surface area contributed by atoms with E-state index in [1.165, 1.54) is 0 Å². The smallest absolute Gasteiger partial charge is 0.330 e. The van der Waals surface area contributed by atoms with E-state index >= 15 is 0 Å². The van der Waals surface area contributed by atoms with Gasteiger partial charge in [0.25, 0.3) is 0 Å². The number of fused-ring (bicyclic) bond motifs is 1. The normalized spacial score (nSPS) is 15.8. The maximum atomic E-state index is 11.3. The molecule has 1 fully saturated rings. The summed E-state index contributed by atoms with van der Waals surface area (Å²) in [6.07, 6.45) is 1.50. The third-order valence-corrected chi connectivity index (χ3v) is 4.42. The van der Waals surface area contributed by atoms with Crippen molar-refractivity contribution >= 4 is 22.8 Å². The highest BCUT2D eigenvalue weighted by Gasteiger charge is 2.19. The molecule has 2 amide bonds. The van der Waals surface area contributed by atoms with Gasteiger partial charge in [-0.2, -0.15) is 0 Å². The van der Waals surface area contributed by atoms with Gasteiger partial charge in [-0.05, 0) is 36.4 Å². The molecule has 1 aliphatic heterocycles. The Bertz CT molecular complexity index is 1030. The number of nitrogens with one attached hydrogen (secondary N) is 4. The molecule has 1 atom stereocenters. The first-order valence-electron chi connectivity index (χ1n) is 8.72. The molecule has 28 heavy (non-hydrogen) atoms. The highest BCUT2D eigenvalue weighted by molar-refractivity contribution is 5.92. The first kappa shape index (κ1) is 17.8. The predicted molar refractivity (Wildman–Crippen MR) is 105 cm³/mol. The fourth-order valence-corrected chi connectivity index (χ4v) is 3.04. The van der Waals surface area contributed by atoms with E-state index in [-0.39, 0.29) is 12.2 Å². The molecule has 0 saturated carbocycles. The van der Waals surface area contributed by atoms with Crippen LogP contribution in [0.3, 0.4) is 0 Å². The molecule has 4 N–H and O–H groups in total. The van der Waals surface area contributed by atoms with E-state index in [2.05, 4.69) is 26.5 Å².